The molecule has 0 aromatic heterocycles. The lowest BCUT2D eigenvalue weighted by atomic mass is 9.90. The minimum atomic E-state index is -0.645. The molecule has 1 aromatic rings. The second-order valence-corrected chi connectivity index (χ2v) is 7.29. The van der Waals surface area contributed by atoms with Crippen molar-refractivity contribution in [1.82, 2.24) is 4.90 Å². The summed E-state index contributed by atoms with van der Waals surface area (Å²) in [5.74, 6) is 0.378. The second-order valence-electron chi connectivity index (χ2n) is 7.29. The number of aliphatic carboxylic acids is 1. The van der Waals surface area contributed by atoms with E-state index in [1.807, 2.05) is 0 Å². The van der Waals surface area contributed by atoms with Gasteiger partial charge < -0.3 is 5.11 Å². The van der Waals surface area contributed by atoms with E-state index in [1.54, 1.807) is 0 Å². The highest BCUT2D eigenvalue weighted by molar-refractivity contribution is 5.70. The zero-order valence-electron chi connectivity index (χ0n) is 13.5. The van der Waals surface area contributed by atoms with Gasteiger partial charge in [-0.2, -0.15) is 0 Å². The van der Waals surface area contributed by atoms with Crippen molar-refractivity contribution < 1.29 is 9.90 Å². The predicted octanol–water partition coefficient (Wildman–Crippen LogP) is 3.89. The largest absolute Gasteiger partial charge is 0.481 e. The molecule has 0 spiro atoms. The van der Waals surface area contributed by atoms with Gasteiger partial charge in [-0.1, -0.05) is 44.0 Å². The van der Waals surface area contributed by atoms with Gasteiger partial charge in [-0.15, -0.1) is 0 Å². The summed E-state index contributed by atoms with van der Waals surface area (Å²) in [6.45, 7) is 4.72. The van der Waals surface area contributed by atoms with Crippen LogP contribution in [0.1, 0.15) is 56.1 Å². The summed E-state index contributed by atoms with van der Waals surface area (Å²) in [6.07, 6.45) is 6.22. The topological polar surface area (TPSA) is 40.5 Å². The molecule has 3 rings (SSSR count). The van der Waals surface area contributed by atoms with Crippen molar-refractivity contribution in [2.24, 2.45) is 11.8 Å². The van der Waals surface area contributed by atoms with Crippen LogP contribution in [0.5, 0.6) is 0 Å². The smallest absolute Gasteiger partial charge is 0.307 e. The summed E-state index contributed by atoms with van der Waals surface area (Å²) < 4.78 is 0. The Balaban J connectivity index is 1.61. The highest BCUT2D eigenvalue weighted by Crippen LogP contribution is 2.34. The van der Waals surface area contributed by atoms with Crippen LogP contribution in [0, 0.1) is 11.8 Å². The third kappa shape index (κ3) is 3.70. The Hall–Kier alpha value is -1.35. The monoisotopic (exact) mass is 301 g/mol. The molecule has 2 atom stereocenters. The Kier molecular flexibility index (Phi) is 4.82. The third-order valence-electron chi connectivity index (χ3n) is 5.30. The molecule has 0 radical (unpaired) electrons. The zero-order valence-corrected chi connectivity index (χ0v) is 13.5. The maximum Gasteiger partial charge on any atom is 0.307 e. The van der Waals surface area contributed by atoms with Gasteiger partial charge in [0.2, 0.25) is 0 Å². The molecule has 1 aliphatic heterocycles. The fraction of sp³-hybridized carbons (Fsp3) is 0.632. The van der Waals surface area contributed by atoms with Gasteiger partial charge in [-0.05, 0) is 42.2 Å². The Bertz CT molecular complexity index is 505. The van der Waals surface area contributed by atoms with Gasteiger partial charge in [0.1, 0.15) is 0 Å². The van der Waals surface area contributed by atoms with E-state index in [0.29, 0.717) is 12.5 Å². The highest BCUT2D eigenvalue weighted by Gasteiger charge is 2.29. The second kappa shape index (κ2) is 6.82. The first kappa shape index (κ1) is 15.5. The van der Waals surface area contributed by atoms with Crippen LogP contribution in [-0.2, 0) is 11.3 Å². The first-order valence-corrected chi connectivity index (χ1v) is 8.66. The van der Waals surface area contributed by atoms with E-state index >= 15 is 0 Å². The molecule has 3 heteroatoms. The summed E-state index contributed by atoms with van der Waals surface area (Å²) in [5, 5.41) is 9.27. The fourth-order valence-electron chi connectivity index (χ4n) is 4.18. The molecule has 1 N–H and O–H groups in total. The molecule has 1 saturated heterocycles. The summed E-state index contributed by atoms with van der Waals surface area (Å²) in [5.41, 5.74) is 2.79. The lowest BCUT2D eigenvalue weighted by Gasteiger charge is -2.34. The van der Waals surface area contributed by atoms with Crippen LogP contribution in [0.2, 0.25) is 0 Å². The number of hydrogen-bond acceptors (Lipinski definition) is 2. The molecule has 2 fully saturated rings. The van der Waals surface area contributed by atoms with Gasteiger partial charge in [-0.25, -0.2) is 0 Å². The highest BCUT2D eigenvalue weighted by atomic mass is 16.4. The average molecular weight is 301 g/mol. The van der Waals surface area contributed by atoms with Crippen molar-refractivity contribution in [1.29, 1.82) is 0 Å². The van der Waals surface area contributed by atoms with Gasteiger partial charge >= 0.3 is 5.97 Å². The first-order valence-electron chi connectivity index (χ1n) is 8.66. The molecule has 2 aliphatic rings. The van der Waals surface area contributed by atoms with Gasteiger partial charge in [0.15, 0.2) is 0 Å². The molecule has 0 amide bonds. The molecule has 22 heavy (non-hydrogen) atoms. The third-order valence-corrected chi connectivity index (χ3v) is 5.30. The van der Waals surface area contributed by atoms with E-state index < -0.39 is 5.97 Å². The summed E-state index contributed by atoms with van der Waals surface area (Å²) in [4.78, 5) is 13.6. The quantitative estimate of drug-likeness (QED) is 0.917. The van der Waals surface area contributed by atoms with E-state index in [4.69, 9.17) is 0 Å². The molecule has 1 aromatic carbocycles. The molecular weight excluding hydrogens is 274 g/mol. The van der Waals surface area contributed by atoms with Crippen LogP contribution in [0.25, 0.3) is 0 Å². The van der Waals surface area contributed by atoms with Crippen molar-refractivity contribution in [2.45, 2.75) is 51.5 Å². The van der Waals surface area contributed by atoms with Gasteiger partial charge in [0.25, 0.3) is 0 Å². The van der Waals surface area contributed by atoms with Crippen LogP contribution in [-0.4, -0.2) is 29.1 Å². The number of nitrogens with zero attached hydrogens (tertiary/aromatic N) is 1. The maximum atomic E-state index is 11.3. The number of piperidine rings is 1. The van der Waals surface area contributed by atoms with E-state index in [-0.39, 0.29) is 5.92 Å². The summed E-state index contributed by atoms with van der Waals surface area (Å²) in [6, 6.07) is 9.05. The number of hydrogen-bond donors (Lipinski definition) is 1. The van der Waals surface area contributed by atoms with E-state index in [9.17, 15) is 9.90 Å². The van der Waals surface area contributed by atoms with Crippen molar-refractivity contribution >= 4 is 5.97 Å². The van der Waals surface area contributed by atoms with Crippen molar-refractivity contribution in [3.05, 3.63) is 35.4 Å². The standard InChI is InChI=1S/C19H27NO2/c1-14-10-18(19(21)22)13-20(11-14)12-15-6-8-17(9-7-15)16-4-2-3-5-16/h6-9,14,16,18H,2-5,10-13H2,1H3,(H,21,22). The Morgan fingerprint density at radius 3 is 2.50 bits per heavy atom. The average Bonchev–Trinajstić information content (AvgIpc) is 3.01. The summed E-state index contributed by atoms with van der Waals surface area (Å²) >= 11 is 0. The van der Waals surface area contributed by atoms with Crippen molar-refractivity contribution in [2.75, 3.05) is 13.1 Å². The minimum Gasteiger partial charge on any atom is -0.481 e. The lowest BCUT2D eigenvalue weighted by Crippen LogP contribution is -2.41. The summed E-state index contributed by atoms with van der Waals surface area (Å²) in [7, 11) is 0. The van der Waals surface area contributed by atoms with Gasteiger partial charge in [0.05, 0.1) is 5.92 Å². The number of carbonyl (C=O) groups is 1. The van der Waals surface area contributed by atoms with E-state index in [0.717, 1.165) is 25.4 Å². The number of carboxylic acid groups (broad SMARTS) is 1. The van der Waals surface area contributed by atoms with Crippen LogP contribution in [0.3, 0.4) is 0 Å². The molecular formula is C19H27NO2. The number of likely N-dealkylation sites (tertiary alicyclic amines) is 1. The SMILES string of the molecule is CC1CC(C(=O)O)CN(Cc2ccc(C3CCCC3)cc2)C1. The molecule has 1 saturated carbocycles. The van der Waals surface area contributed by atoms with Gasteiger partial charge in [-0.3, -0.25) is 9.69 Å². The Morgan fingerprint density at radius 1 is 1.18 bits per heavy atom. The van der Waals surface area contributed by atoms with E-state index in [1.165, 1.54) is 36.8 Å². The van der Waals surface area contributed by atoms with Crippen LogP contribution < -0.4 is 0 Å². The van der Waals surface area contributed by atoms with Crippen LogP contribution >= 0.6 is 0 Å². The number of rotatable bonds is 4. The van der Waals surface area contributed by atoms with Crippen molar-refractivity contribution in [3.63, 3.8) is 0 Å². The molecule has 1 heterocycles. The maximum absolute atomic E-state index is 11.3. The molecule has 0 bridgehead atoms. The molecule has 1 aliphatic carbocycles. The first-order chi connectivity index (χ1) is 10.6. The minimum absolute atomic E-state index is 0.207. The molecule has 3 nitrogen and oxygen atoms in total. The zero-order chi connectivity index (χ0) is 15.5. The predicted molar refractivity (Wildman–Crippen MR) is 87.8 cm³/mol. The number of benzene rings is 1. The lowest BCUT2D eigenvalue weighted by molar-refractivity contribution is -0.144. The fourth-order valence-corrected chi connectivity index (χ4v) is 4.18. The Morgan fingerprint density at radius 2 is 1.86 bits per heavy atom. The van der Waals surface area contributed by atoms with E-state index in [2.05, 4.69) is 36.1 Å². The van der Waals surface area contributed by atoms with Crippen LogP contribution in [0.15, 0.2) is 24.3 Å². The molecule has 120 valence electrons. The number of carboxylic acids is 1. The molecule has 2 unspecified atom stereocenters. The van der Waals surface area contributed by atoms with Gasteiger partial charge in [0, 0.05) is 19.6 Å². The normalized spacial score (nSPS) is 27.1. The van der Waals surface area contributed by atoms with Crippen LogP contribution in [0.4, 0.5) is 0 Å². The van der Waals surface area contributed by atoms with Crippen molar-refractivity contribution in [3.8, 4) is 0 Å². The Labute approximate surface area is 133 Å².